The Morgan fingerprint density at radius 2 is 2.42 bits per heavy atom. The third-order valence-electron chi connectivity index (χ3n) is 1.39. The number of hydrogen-bond acceptors (Lipinski definition) is 3. The van der Waals surface area contributed by atoms with Crippen LogP contribution in [0.15, 0.2) is 15.6 Å². The first-order valence-electron chi connectivity index (χ1n) is 3.82. The van der Waals surface area contributed by atoms with Crippen molar-refractivity contribution in [2.45, 2.75) is 26.8 Å². The summed E-state index contributed by atoms with van der Waals surface area (Å²) in [5.41, 5.74) is 5.42. The van der Waals surface area contributed by atoms with Crippen molar-refractivity contribution in [2.75, 3.05) is 0 Å². The first-order valence-corrected chi connectivity index (χ1v) is 3.82. The van der Waals surface area contributed by atoms with E-state index in [1.54, 1.807) is 13.1 Å². The van der Waals surface area contributed by atoms with E-state index in [0.717, 1.165) is 5.76 Å². The zero-order valence-corrected chi connectivity index (χ0v) is 7.53. The van der Waals surface area contributed by atoms with Crippen LogP contribution in [0.25, 0.3) is 0 Å². The summed E-state index contributed by atoms with van der Waals surface area (Å²) < 4.78 is 5.27. The molecule has 66 valence electrons. The highest BCUT2D eigenvalue weighted by atomic mass is 16.4. The molecule has 1 aromatic heterocycles. The molecule has 0 saturated heterocycles. The van der Waals surface area contributed by atoms with Crippen LogP contribution in [0.5, 0.6) is 0 Å². The van der Waals surface area contributed by atoms with Crippen LogP contribution >= 0.6 is 0 Å². The Morgan fingerprint density at radius 1 is 1.75 bits per heavy atom. The van der Waals surface area contributed by atoms with E-state index < -0.39 is 0 Å². The molecule has 0 aromatic carbocycles. The molecule has 0 saturated carbocycles. The van der Waals surface area contributed by atoms with Gasteiger partial charge in [-0.25, -0.2) is 4.98 Å². The van der Waals surface area contributed by atoms with Crippen LogP contribution < -0.4 is 5.73 Å². The second-order valence-electron chi connectivity index (χ2n) is 2.76. The predicted molar refractivity (Wildman–Crippen MR) is 47.0 cm³/mol. The Balaban J connectivity index is 2.78. The Morgan fingerprint density at radius 3 is 2.83 bits per heavy atom. The van der Waals surface area contributed by atoms with E-state index in [1.807, 2.05) is 13.8 Å². The third kappa shape index (κ3) is 2.08. The van der Waals surface area contributed by atoms with Gasteiger partial charge in [0.1, 0.15) is 11.8 Å². The number of rotatable bonds is 2. The lowest BCUT2D eigenvalue weighted by molar-refractivity contribution is 0.445. The fourth-order valence-electron chi connectivity index (χ4n) is 0.926. The molecule has 0 radical (unpaired) electrons. The zero-order chi connectivity index (χ0) is 9.14. The molecule has 1 rings (SSSR count). The maximum Gasteiger partial charge on any atom is 0.218 e. The van der Waals surface area contributed by atoms with Crippen molar-refractivity contribution >= 4 is 5.84 Å². The van der Waals surface area contributed by atoms with Gasteiger partial charge < -0.3 is 10.2 Å². The van der Waals surface area contributed by atoms with Crippen molar-refractivity contribution in [3.8, 4) is 0 Å². The molecule has 0 aliphatic heterocycles. The maximum atomic E-state index is 5.42. The highest BCUT2D eigenvalue weighted by Gasteiger charge is 2.08. The molecule has 0 fully saturated rings. The van der Waals surface area contributed by atoms with Crippen LogP contribution in [0.2, 0.25) is 0 Å². The quantitative estimate of drug-likeness (QED) is 0.535. The van der Waals surface area contributed by atoms with Gasteiger partial charge in [0.25, 0.3) is 0 Å². The first kappa shape index (κ1) is 8.77. The first-order chi connectivity index (χ1) is 5.59. The molecular formula is C8H13N3O. The fourth-order valence-corrected chi connectivity index (χ4v) is 0.926. The average Bonchev–Trinajstić information content (AvgIpc) is 2.34. The minimum absolute atomic E-state index is 0.0938. The standard InChI is InChI=1S/C8H13N3O/c1-5-4-10-8(12-5)6(2)11-7(3)9/h4,6H,1-3H3,(H2,9,11). The number of aliphatic imine (C=N–C) groups is 1. The third-order valence-corrected chi connectivity index (χ3v) is 1.39. The Labute approximate surface area is 71.5 Å². The van der Waals surface area contributed by atoms with Crippen LogP contribution in [0, 0.1) is 6.92 Å². The molecule has 4 heteroatoms. The molecule has 1 aromatic rings. The van der Waals surface area contributed by atoms with Crippen LogP contribution in [0.1, 0.15) is 31.5 Å². The van der Waals surface area contributed by atoms with Gasteiger partial charge in [0.2, 0.25) is 5.89 Å². The number of nitrogens with zero attached hydrogens (tertiary/aromatic N) is 2. The minimum Gasteiger partial charge on any atom is -0.444 e. The van der Waals surface area contributed by atoms with E-state index in [2.05, 4.69) is 9.98 Å². The smallest absolute Gasteiger partial charge is 0.218 e. The topological polar surface area (TPSA) is 64.4 Å². The number of oxazole rings is 1. The predicted octanol–water partition coefficient (Wildman–Crippen LogP) is 1.42. The summed E-state index contributed by atoms with van der Waals surface area (Å²) in [6.07, 6.45) is 1.67. The van der Waals surface area contributed by atoms with Crippen LogP contribution in [-0.4, -0.2) is 10.8 Å². The van der Waals surface area contributed by atoms with Crippen molar-refractivity contribution in [3.63, 3.8) is 0 Å². The second kappa shape index (κ2) is 3.38. The molecule has 0 aliphatic rings. The Hall–Kier alpha value is -1.32. The minimum atomic E-state index is -0.0938. The van der Waals surface area contributed by atoms with Crippen molar-refractivity contribution in [2.24, 2.45) is 10.7 Å². The van der Waals surface area contributed by atoms with Gasteiger partial charge in [-0.1, -0.05) is 0 Å². The van der Waals surface area contributed by atoms with E-state index in [1.165, 1.54) is 0 Å². The average molecular weight is 167 g/mol. The van der Waals surface area contributed by atoms with Crippen molar-refractivity contribution in [1.29, 1.82) is 0 Å². The van der Waals surface area contributed by atoms with E-state index in [-0.39, 0.29) is 6.04 Å². The molecular weight excluding hydrogens is 154 g/mol. The summed E-state index contributed by atoms with van der Waals surface area (Å²) in [6, 6.07) is -0.0938. The molecule has 1 atom stereocenters. The highest BCUT2D eigenvalue weighted by molar-refractivity contribution is 5.77. The van der Waals surface area contributed by atoms with Crippen molar-refractivity contribution in [1.82, 2.24) is 4.98 Å². The van der Waals surface area contributed by atoms with Crippen molar-refractivity contribution in [3.05, 3.63) is 17.8 Å². The van der Waals surface area contributed by atoms with Gasteiger partial charge >= 0.3 is 0 Å². The summed E-state index contributed by atoms with van der Waals surface area (Å²) in [7, 11) is 0. The number of hydrogen-bond donors (Lipinski definition) is 1. The lowest BCUT2D eigenvalue weighted by Crippen LogP contribution is -2.07. The summed E-state index contributed by atoms with van der Waals surface area (Å²) in [5.74, 6) is 1.94. The molecule has 1 heterocycles. The Kier molecular flexibility index (Phi) is 2.47. The zero-order valence-electron chi connectivity index (χ0n) is 7.53. The summed E-state index contributed by atoms with van der Waals surface area (Å²) in [6.45, 7) is 5.48. The molecule has 0 bridgehead atoms. The lowest BCUT2D eigenvalue weighted by Gasteiger charge is -2.00. The normalized spacial score (nSPS) is 14.8. The van der Waals surface area contributed by atoms with Crippen LogP contribution in [-0.2, 0) is 0 Å². The number of aromatic nitrogens is 1. The van der Waals surface area contributed by atoms with Gasteiger partial charge in [-0.2, -0.15) is 0 Å². The van der Waals surface area contributed by atoms with Gasteiger partial charge in [0.15, 0.2) is 0 Å². The summed E-state index contributed by atoms with van der Waals surface area (Å²) in [4.78, 5) is 8.14. The molecule has 4 nitrogen and oxygen atoms in total. The highest BCUT2D eigenvalue weighted by Crippen LogP contribution is 2.15. The van der Waals surface area contributed by atoms with Gasteiger partial charge in [-0.05, 0) is 20.8 Å². The molecule has 12 heavy (non-hydrogen) atoms. The van der Waals surface area contributed by atoms with Crippen LogP contribution in [0.4, 0.5) is 0 Å². The van der Waals surface area contributed by atoms with Gasteiger partial charge in [0, 0.05) is 0 Å². The number of nitrogens with two attached hydrogens (primary N) is 1. The fraction of sp³-hybridized carbons (Fsp3) is 0.500. The van der Waals surface area contributed by atoms with E-state index >= 15 is 0 Å². The number of aryl methyl sites for hydroxylation is 1. The summed E-state index contributed by atoms with van der Waals surface area (Å²) >= 11 is 0. The van der Waals surface area contributed by atoms with E-state index in [4.69, 9.17) is 10.2 Å². The molecule has 0 spiro atoms. The molecule has 2 N–H and O–H groups in total. The lowest BCUT2D eigenvalue weighted by atomic mass is 10.3. The summed E-state index contributed by atoms with van der Waals surface area (Å²) in [5, 5.41) is 0. The van der Waals surface area contributed by atoms with Crippen molar-refractivity contribution < 1.29 is 4.42 Å². The van der Waals surface area contributed by atoms with E-state index in [0.29, 0.717) is 11.7 Å². The second-order valence-corrected chi connectivity index (χ2v) is 2.76. The molecule has 1 unspecified atom stereocenters. The molecule has 0 amide bonds. The Bertz CT molecular complexity index is 286. The maximum absolute atomic E-state index is 5.42. The monoisotopic (exact) mass is 167 g/mol. The van der Waals surface area contributed by atoms with Crippen LogP contribution in [0.3, 0.4) is 0 Å². The number of amidine groups is 1. The van der Waals surface area contributed by atoms with Gasteiger partial charge in [-0.15, -0.1) is 0 Å². The largest absolute Gasteiger partial charge is 0.444 e. The SMILES string of the molecule is CC(N)=NC(C)c1ncc(C)o1. The van der Waals surface area contributed by atoms with Gasteiger partial charge in [0.05, 0.1) is 12.0 Å². The van der Waals surface area contributed by atoms with Gasteiger partial charge in [-0.3, -0.25) is 4.99 Å². The molecule has 0 aliphatic carbocycles. The van der Waals surface area contributed by atoms with E-state index in [9.17, 15) is 0 Å².